The molecule has 0 aliphatic rings. The summed E-state index contributed by atoms with van der Waals surface area (Å²) in [5, 5.41) is 0. The molecule has 1 heterocycles. The molecule has 0 bridgehead atoms. The third kappa shape index (κ3) is 3.37. The van der Waals surface area contributed by atoms with E-state index in [1.807, 2.05) is 0 Å². The molecule has 1 aromatic heterocycles. The Labute approximate surface area is 111 Å². The lowest BCUT2D eigenvalue weighted by molar-refractivity contribution is -0.137. The normalized spacial score (nSPS) is 11.6. The molecule has 20 heavy (non-hydrogen) atoms. The van der Waals surface area contributed by atoms with Crippen LogP contribution in [0.4, 0.5) is 13.2 Å². The molecule has 0 saturated heterocycles. The molecule has 0 amide bonds. The smallest absolute Gasteiger partial charge is 0.323 e. The average molecular weight is 284 g/mol. The van der Waals surface area contributed by atoms with Crippen LogP contribution >= 0.6 is 0 Å². The number of aromatic amines is 2. The zero-order valence-electron chi connectivity index (χ0n) is 10.3. The maximum absolute atomic E-state index is 12.4. The summed E-state index contributed by atoms with van der Waals surface area (Å²) < 4.78 is 37.1. The number of aryl methyl sites for hydroxylation is 2. The van der Waals surface area contributed by atoms with Gasteiger partial charge in [0.05, 0.1) is 5.56 Å². The van der Waals surface area contributed by atoms with Crippen molar-refractivity contribution < 1.29 is 13.2 Å². The molecule has 2 aromatic rings. The number of hydrogen-bond donors (Lipinski definition) is 2. The number of halogens is 3. The van der Waals surface area contributed by atoms with Crippen LogP contribution in [0.1, 0.15) is 16.8 Å². The fourth-order valence-electron chi connectivity index (χ4n) is 1.73. The van der Waals surface area contributed by atoms with Gasteiger partial charge in [0, 0.05) is 11.9 Å². The highest BCUT2D eigenvalue weighted by atomic mass is 19.4. The number of benzene rings is 1. The minimum atomic E-state index is -4.34. The van der Waals surface area contributed by atoms with Gasteiger partial charge in [-0.1, -0.05) is 12.1 Å². The molecule has 106 valence electrons. The molecule has 0 saturated carbocycles. The van der Waals surface area contributed by atoms with Crippen molar-refractivity contribution in [1.29, 1.82) is 0 Å². The molecule has 7 heteroatoms. The first-order chi connectivity index (χ1) is 9.36. The minimum Gasteiger partial charge on any atom is -0.323 e. The Hall–Kier alpha value is -2.31. The monoisotopic (exact) mass is 284 g/mol. The van der Waals surface area contributed by atoms with Crippen LogP contribution in [0.2, 0.25) is 0 Å². The van der Waals surface area contributed by atoms with E-state index < -0.39 is 22.9 Å². The van der Waals surface area contributed by atoms with Gasteiger partial charge in [0.25, 0.3) is 0 Å². The van der Waals surface area contributed by atoms with Gasteiger partial charge in [-0.3, -0.25) is 9.59 Å². The second-order valence-electron chi connectivity index (χ2n) is 4.29. The van der Waals surface area contributed by atoms with Gasteiger partial charge >= 0.3 is 17.3 Å². The van der Waals surface area contributed by atoms with Crippen molar-refractivity contribution in [2.24, 2.45) is 0 Å². The van der Waals surface area contributed by atoms with Gasteiger partial charge < -0.3 is 9.97 Å². The van der Waals surface area contributed by atoms with Crippen LogP contribution < -0.4 is 11.1 Å². The predicted molar refractivity (Wildman–Crippen MR) is 66.5 cm³/mol. The number of aromatic nitrogens is 2. The predicted octanol–water partition coefficient (Wildman–Crippen LogP) is 1.87. The summed E-state index contributed by atoms with van der Waals surface area (Å²) in [6, 6.07) is 4.83. The Morgan fingerprint density at radius 2 is 1.60 bits per heavy atom. The summed E-state index contributed by atoms with van der Waals surface area (Å²) in [7, 11) is 0. The molecule has 0 spiro atoms. The molecular weight excluding hydrogens is 273 g/mol. The van der Waals surface area contributed by atoms with E-state index >= 15 is 0 Å². The highest BCUT2D eigenvalue weighted by Gasteiger charge is 2.29. The van der Waals surface area contributed by atoms with Gasteiger partial charge in [-0.2, -0.15) is 13.2 Å². The molecule has 0 radical (unpaired) electrons. The Bertz CT molecular complexity index is 699. The lowest BCUT2D eigenvalue weighted by atomic mass is 10.1. The lowest BCUT2D eigenvalue weighted by Gasteiger charge is -2.07. The van der Waals surface area contributed by atoms with Crippen molar-refractivity contribution in [2.75, 3.05) is 0 Å². The van der Waals surface area contributed by atoms with E-state index in [2.05, 4.69) is 9.97 Å². The first-order valence-corrected chi connectivity index (χ1v) is 5.83. The Kier molecular flexibility index (Phi) is 3.78. The molecular formula is C13H11F3N2O2. The van der Waals surface area contributed by atoms with Crippen LogP contribution in [0.5, 0.6) is 0 Å². The minimum absolute atomic E-state index is 0.414. The van der Waals surface area contributed by atoms with Crippen LogP contribution in [0, 0.1) is 0 Å². The van der Waals surface area contributed by atoms with Crippen molar-refractivity contribution in [1.82, 2.24) is 9.97 Å². The zero-order chi connectivity index (χ0) is 14.8. The molecule has 0 fully saturated rings. The fourth-order valence-corrected chi connectivity index (χ4v) is 1.73. The second kappa shape index (κ2) is 5.36. The second-order valence-corrected chi connectivity index (χ2v) is 4.29. The maximum atomic E-state index is 12.4. The van der Waals surface area contributed by atoms with E-state index in [4.69, 9.17) is 0 Å². The molecule has 2 rings (SSSR count). The highest BCUT2D eigenvalue weighted by molar-refractivity contribution is 5.25. The van der Waals surface area contributed by atoms with Crippen LogP contribution in [-0.2, 0) is 19.0 Å². The lowest BCUT2D eigenvalue weighted by Crippen LogP contribution is -2.29. The average Bonchev–Trinajstić information content (AvgIpc) is 2.40. The van der Waals surface area contributed by atoms with E-state index in [1.165, 1.54) is 18.3 Å². The van der Waals surface area contributed by atoms with E-state index in [0.29, 0.717) is 24.1 Å². The topological polar surface area (TPSA) is 65.7 Å². The van der Waals surface area contributed by atoms with E-state index in [9.17, 15) is 22.8 Å². The molecule has 2 N–H and O–H groups in total. The Morgan fingerprint density at radius 1 is 0.950 bits per heavy atom. The molecule has 0 unspecified atom stereocenters. The zero-order valence-corrected chi connectivity index (χ0v) is 10.3. The Balaban J connectivity index is 2.06. The third-order valence-electron chi connectivity index (χ3n) is 2.82. The summed E-state index contributed by atoms with van der Waals surface area (Å²) in [5.41, 5.74) is -0.934. The number of hydrogen-bond acceptors (Lipinski definition) is 2. The number of H-pyrrole nitrogens is 2. The van der Waals surface area contributed by atoms with Crippen molar-refractivity contribution in [2.45, 2.75) is 19.0 Å². The largest absolute Gasteiger partial charge is 0.416 e. The number of nitrogens with one attached hydrogen (secondary N) is 2. The summed E-state index contributed by atoms with van der Waals surface area (Å²) >= 11 is 0. The van der Waals surface area contributed by atoms with Gasteiger partial charge in [-0.15, -0.1) is 0 Å². The van der Waals surface area contributed by atoms with Gasteiger partial charge in [0.1, 0.15) is 0 Å². The first-order valence-electron chi connectivity index (χ1n) is 5.83. The van der Waals surface area contributed by atoms with E-state index in [0.717, 1.165) is 12.1 Å². The quantitative estimate of drug-likeness (QED) is 0.845. The molecule has 0 aliphatic carbocycles. The number of alkyl halides is 3. The van der Waals surface area contributed by atoms with Crippen LogP contribution in [0.3, 0.4) is 0 Å². The number of rotatable bonds is 3. The van der Waals surface area contributed by atoms with Crippen LogP contribution in [0.15, 0.2) is 40.1 Å². The van der Waals surface area contributed by atoms with Crippen LogP contribution in [0.25, 0.3) is 0 Å². The van der Waals surface area contributed by atoms with Crippen molar-refractivity contribution >= 4 is 0 Å². The van der Waals surface area contributed by atoms with E-state index in [1.54, 1.807) is 0 Å². The first kappa shape index (κ1) is 14.1. The van der Waals surface area contributed by atoms with Gasteiger partial charge in [0.15, 0.2) is 0 Å². The SMILES string of the molecule is O=c1[nH]cc(CCc2ccc(C(F)(F)F)cc2)[nH]c1=O. The summed E-state index contributed by atoms with van der Waals surface area (Å²) in [6.07, 6.45) is -2.09. The van der Waals surface area contributed by atoms with Gasteiger partial charge in [0.2, 0.25) is 0 Å². The molecule has 1 aromatic carbocycles. The standard InChI is InChI=1S/C13H11F3N2O2/c14-13(15,16)9-4-1-8(2-5-9)3-6-10-7-17-11(19)12(20)18-10/h1-2,4-5,7H,3,6H2,(H,17,19)(H,18,20). The van der Waals surface area contributed by atoms with Crippen LogP contribution in [-0.4, -0.2) is 9.97 Å². The summed E-state index contributed by atoms with van der Waals surface area (Å²) in [5.74, 6) is 0. The summed E-state index contributed by atoms with van der Waals surface area (Å²) in [6.45, 7) is 0. The van der Waals surface area contributed by atoms with Gasteiger partial charge in [-0.25, -0.2) is 0 Å². The van der Waals surface area contributed by atoms with Crippen molar-refractivity contribution in [3.63, 3.8) is 0 Å². The maximum Gasteiger partial charge on any atom is 0.416 e. The summed E-state index contributed by atoms with van der Waals surface area (Å²) in [4.78, 5) is 26.6. The molecule has 0 atom stereocenters. The third-order valence-corrected chi connectivity index (χ3v) is 2.82. The van der Waals surface area contributed by atoms with Crippen molar-refractivity contribution in [3.8, 4) is 0 Å². The fraction of sp³-hybridized carbons (Fsp3) is 0.231. The highest BCUT2D eigenvalue weighted by Crippen LogP contribution is 2.29. The Morgan fingerprint density at radius 3 is 2.15 bits per heavy atom. The molecule has 0 aliphatic heterocycles. The van der Waals surface area contributed by atoms with E-state index in [-0.39, 0.29) is 0 Å². The van der Waals surface area contributed by atoms with Gasteiger partial charge in [-0.05, 0) is 30.5 Å². The molecule has 4 nitrogen and oxygen atoms in total. The van der Waals surface area contributed by atoms with Crippen molar-refractivity contribution in [3.05, 3.63) is 68.0 Å².